The lowest BCUT2D eigenvalue weighted by molar-refractivity contribution is 0.714. The fraction of sp³-hybridized carbons (Fsp3) is 0.0492. The van der Waals surface area contributed by atoms with Gasteiger partial charge in [0.1, 0.15) is 0 Å². The molecule has 1 atom stereocenters. The van der Waals surface area contributed by atoms with Crippen LogP contribution in [-0.2, 0) is 10.8 Å². The van der Waals surface area contributed by atoms with Crippen LogP contribution in [0.15, 0.2) is 243 Å². The molecule has 0 N–H and O–H groups in total. The molecule has 292 valence electrons. The zero-order valence-electron chi connectivity index (χ0n) is 34.5. The Bertz CT molecular complexity index is 3270. The molecule has 0 spiro atoms. The van der Waals surface area contributed by atoms with E-state index < -0.39 is 5.41 Å². The summed E-state index contributed by atoms with van der Waals surface area (Å²) in [4.78, 5) is 2.53. The van der Waals surface area contributed by atoms with Gasteiger partial charge in [0.25, 0.3) is 0 Å². The minimum absolute atomic E-state index is 0.347. The molecule has 2 aliphatic rings. The van der Waals surface area contributed by atoms with E-state index in [9.17, 15) is 0 Å². The smallest absolute Gasteiger partial charge is 0.0714 e. The summed E-state index contributed by atoms with van der Waals surface area (Å²) >= 11 is 0. The monoisotopic (exact) mass is 789 g/mol. The first kappa shape index (κ1) is 36.1. The average molecular weight is 790 g/mol. The van der Waals surface area contributed by atoms with E-state index >= 15 is 0 Å². The van der Waals surface area contributed by atoms with Gasteiger partial charge in [0.05, 0.1) is 11.1 Å². The zero-order valence-corrected chi connectivity index (χ0v) is 34.5. The number of hydrogen-bond acceptors (Lipinski definition) is 1. The molecule has 0 aromatic heterocycles. The predicted molar refractivity (Wildman–Crippen MR) is 259 cm³/mol. The van der Waals surface area contributed by atoms with Gasteiger partial charge in [0, 0.05) is 22.4 Å². The first-order valence-electron chi connectivity index (χ1n) is 21.7. The molecule has 12 rings (SSSR count). The summed E-state index contributed by atoms with van der Waals surface area (Å²) < 4.78 is 0. The molecule has 2 aliphatic carbocycles. The second kappa shape index (κ2) is 14.2. The summed E-state index contributed by atoms with van der Waals surface area (Å²) in [7, 11) is 0. The van der Waals surface area contributed by atoms with Crippen LogP contribution in [0.4, 0.5) is 17.1 Å². The highest BCUT2D eigenvalue weighted by molar-refractivity contribution is 6.00. The topological polar surface area (TPSA) is 3.24 Å². The van der Waals surface area contributed by atoms with Crippen LogP contribution in [-0.4, -0.2) is 0 Å². The molecule has 0 saturated carbocycles. The van der Waals surface area contributed by atoms with E-state index in [0.717, 1.165) is 17.1 Å². The molecule has 62 heavy (non-hydrogen) atoms. The molecule has 0 saturated heterocycles. The van der Waals surface area contributed by atoms with Gasteiger partial charge in [-0.3, -0.25) is 0 Å². The number of nitrogens with zero attached hydrogens (tertiary/aromatic N) is 1. The van der Waals surface area contributed by atoms with Crippen LogP contribution in [0.5, 0.6) is 0 Å². The van der Waals surface area contributed by atoms with Gasteiger partial charge in [-0.2, -0.15) is 0 Å². The third-order valence-electron chi connectivity index (χ3n) is 13.8. The summed E-state index contributed by atoms with van der Waals surface area (Å²) in [6.07, 6.45) is 0. The molecule has 0 radical (unpaired) electrons. The molecule has 0 aliphatic heterocycles. The minimum Gasteiger partial charge on any atom is -0.310 e. The van der Waals surface area contributed by atoms with E-state index in [4.69, 9.17) is 0 Å². The van der Waals surface area contributed by atoms with Crippen molar-refractivity contribution in [2.75, 3.05) is 4.90 Å². The Labute approximate surface area is 363 Å². The van der Waals surface area contributed by atoms with Gasteiger partial charge in [-0.25, -0.2) is 0 Å². The van der Waals surface area contributed by atoms with E-state index in [2.05, 4.69) is 254 Å². The maximum absolute atomic E-state index is 2.53. The summed E-state index contributed by atoms with van der Waals surface area (Å²) in [6, 6.07) is 90.0. The molecule has 10 aromatic carbocycles. The summed E-state index contributed by atoms with van der Waals surface area (Å²) in [5.74, 6) is 0. The van der Waals surface area contributed by atoms with Crippen LogP contribution in [0.25, 0.3) is 44.2 Å². The second-order valence-corrected chi connectivity index (χ2v) is 16.9. The molecule has 0 bridgehead atoms. The van der Waals surface area contributed by atoms with E-state index in [1.807, 2.05) is 0 Å². The van der Waals surface area contributed by atoms with Gasteiger partial charge in [-0.1, -0.05) is 212 Å². The van der Waals surface area contributed by atoms with Gasteiger partial charge in [0.2, 0.25) is 0 Å². The predicted octanol–water partition coefficient (Wildman–Crippen LogP) is 15.7. The van der Waals surface area contributed by atoms with Crippen molar-refractivity contribution in [1.82, 2.24) is 0 Å². The highest BCUT2D eigenvalue weighted by atomic mass is 15.1. The number of benzene rings is 10. The molecule has 1 heteroatoms. The van der Waals surface area contributed by atoms with Crippen LogP contribution in [0.2, 0.25) is 0 Å². The van der Waals surface area contributed by atoms with Crippen molar-refractivity contribution < 1.29 is 0 Å². The number of rotatable bonds is 7. The van der Waals surface area contributed by atoms with E-state index in [1.54, 1.807) is 0 Å². The number of fused-ring (bicyclic) bond motifs is 7. The van der Waals surface area contributed by atoms with Crippen molar-refractivity contribution in [3.05, 3.63) is 282 Å². The Kier molecular flexibility index (Phi) is 8.27. The second-order valence-electron chi connectivity index (χ2n) is 16.9. The van der Waals surface area contributed by atoms with Crippen molar-refractivity contribution in [3.8, 4) is 33.4 Å². The lowest BCUT2D eigenvalue weighted by atomic mass is 9.68. The number of hydrogen-bond donors (Lipinski definition) is 0. The Hall–Kier alpha value is -7.74. The Morgan fingerprint density at radius 3 is 1.63 bits per heavy atom. The van der Waals surface area contributed by atoms with Crippen molar-refractivity contribution >= 4 is 27.8 Å². The SMILES string of the molecule is CC1(c2ccccc2)c2ccccc2-c2ccc(N(c3cccc(-c4cccc5ccccc45)c3)c3cccc4c3-c3ccccc3C4(c3ccccc3)c3ccccc3)cc21. The molecule has 1 nitrogen and oxygen atoms in total. The van der Waals surface area contributed by atoms with Crippen molar-refractivity contribution in [2.24, 2.45) is 0 Å². The molecule has 1 unspecified atom stereocenters. The van der Waals surface area contributed by atoms with Crippen LogP contribution in [0.1, 0.15) is 45.9 Å². The fourth-order valence-corrected chi connectivity index (χ4v) is 11.1. The quantitative estimate of drug-likeness (QED) is 0.155. The first-order chi connectivity index (χ1) is 30.7. The molecule has 10 aromatic rings. The molecule has 0 heterocycles. The average Bonchev–Trinajstić information content (AvgIpc) is 3.80. The van der Waals surface area contributed by atoms with Crippen molar-refractivity contribution in [2.45, 2.75) is 17.8 Å². The zero-order chi connectivity index (χ0) is 41.3. The van der Waals surface area contributed by atoms with Gasteiger partial charge in [-0.15, -0.1) is 0 Å². The summed E-state index contributed by atoms with van der Waals surface area (Å²) in [5, 5.41) is 2.49. The lowest BCUT2D eigenvalue weighted by Crippen LogP contribution is -2.28. The highest BCUT2D eigenvalue weighted by Gasteiger charge is 2.47. The van der Waals surface area contributed by atoms with Gasteiger partial charge in [0.15, 0.2) is 0 Å². The van der Waals surface area contributed by atoms with Crippen LogP contribution in [0, 0.1) is 0 Å². The number of anilines is 3. The fourth-order valence-electron chi connectivity index (χ4n) is 11.1. The van der Waals surface area contributed by atoms with E-state index in [-0.39, 0.29) is 5.41 Å². The summed E-state index contributed by atoms with van der Waals surface area (Å²) in [6.45, 7) is 2.41. The van der Waals surface area contributed by atoms with Gasteiger partial charge >= 0.3 is 0 Å². The van der Waals surface area contributed by atoms with Crippen molar-refractivity contribution in [1.29, 1.82) is 0 Å². The Balaban J connectivity index is 1.15. The van der Waals surface area contributed by atoms with E-state index in [1.165, 1.54) is 83.1 Å². The normalized spacial score (nSPS) is 15.4. The van der Waals surface area contributed by atoms with Crippen LogP contribution < -0.4 is 4.90 Å². The Morgan fingerprint density at radius 1 is 0.339 bits per heavy atom. The third kappa shape index (κ3) is 5.22. The molecular formula is C61H43N. The molecule has 0 amide bonds. The largest absolute Gasteiger partial charge is 0.310 e. The maximum Gasteiger partial charge on any atom is 0.0714 e. The minimum atomic E-state index is -0.521. The third-order valence-corrected chi connectivity index (χ3v) is 13.8. The lowest BCUT2D eigenvalue weighted by Gasteiger charge is -2.34. The van der Waals surface area contributed by atoms with Gasteiger partial charge < -0.3 is 4.90 Å². The van der Waals surface area contributed by atoms with Crippen LogP contribution >= 0.6 is 0 Å². The van der Waals surface area contributed by atoms with Crippen molar-refractivity contribution in [3.63, 3.8) is 0 Å². The highest BCUT2D eigenvalue weighted by Crippen LogP contribution is 2.60. The first-order valence-corrected chi connectivity index (χ1v) is 21.7. The molecular weight excluding hydrogens is 747 g/mol. The van der Waals surface area contributed by atoms with E-state index in [0.29, 0.717) is 0 Å². The maximum atomic E-state index is 2.53. The standard InChI is InChI=1S/C61H43N/c1-60(44-23-5-2-6-24-44)54-34-15-13-31-51(54)52-39-38-48(41-57(52)60)62(47-29-17-22-43(40-47)50-33-18-21-42-20-11-12-30-49(42)50)58-37-19-36-56-59(58)53-32-14-16-35-55(53)61(56,45-25-7-3-8-26-45)46-27-9-4-10-28-46/h2-41H,1H3. The Morgan fingerprint density at radius 2 is 0.871 bits per heavy atom. The molecule has 0 fully saturated rings. The van der Waals surface area contributed by atoms with Gasteiger partial charge in [-0.05, 0) is 115 Å². The van der Waals surface area contributed by atoms with Crippen LogP contribution in [0.3, 0.4) is 0 Å². The summed E-state index contributed by atoms with van der Waals surface area (Å²) in [5.41, 5.74) is 19.0.